The molecule has 5 atom stereocenters. The molecule has 17 heteroatoms. The van der Waals surface area contributed by atoms with Gasteiger partial charge in [-0.25, -0.2) is 18.3 Å². The summed E-state index contributed by atoms with van der Waals surface area (Å²) < 4.78 is 78.7. The third-order valence-corrected chi connectivity index (χ3v) is 9.29. The van der Waals surface area contributed by atoms with Crippen LogP contribution in [-0.4, -0.2) is 85.6 Å². The van der Waals surface area contributed by atoms with Crippen LogP contribution in [0.4, 0.5) is 27.8 Å². The first kappa shape index (κ1) is 33.0. The van der Waals surface area contributed by atoms with E-state index in [0.717, 1.165) is 0 Å². The Labute approximate surface area is 267 Å². The minimum absolute atomic E-state index is 0.105. The number of amides is 2. The van der Waals surface area contributed by atoms with Crippen LogP contribution in [0.1, 0.15) is 73.9 Å². The highest BCUT2D eigenvalue weighted by Gasteiger charge is 2.45. The minimum atomic E-state index is -4.46. The third kappa shape index (κ3) is 7.18. The molecule has 3 aromatic heterocycles. The number of nitrogens with zero attached hydrogens (tertiary/aromatic N) is 7. The molecule has 2 N–H and O–H groups in total. The van der Waals surface area contributed by atoms with Gasteiger partial charge in [0.1, 0.15) is 11.4 Å². The van der Waals surface area contributed by atoms with Crippen LogP contribution in [0.3, 0.4) is 0 Å². The summed E-state index contributed by atoms with van der Waals surface area (Å²) in [5.41, 5.74) is 0.846. The second kappa shape index (κ2) is 13.0. The normalized spacial score (nSPS) is 25.9. The first-order valence-corrected chi connectivity index (χ1v) is 16.0. The maximum absolute atomic E-state index is 14.7. The van der Waals surface area contributed by atoms with Crippen molar-refractivity contribution >= 4 is 23.4 Å². The van der Waals surface area contributed by atoms with Gasteiger partial charge in [-0.2, -0.15) is 28.4 Å². The molecule has 2 saturated heterocycles. The number of piperidine rings is 1. The fourth-order valence-electron chi connectivity index (χ4n) is 6.89. The molecular weight excluding hydrogens is 629 g/mol. The number of rotatable bonds is 8. The lowest BCUT2D eigenvalue weighted by molar-refractivity contribution is -0.183. The predicted molar refractivity (Wildman–Crippen MR) is 158 cm³/mol. The zero-order valence-corrected chi connectivity index (χ0v) is 26.1. The Morgan fingerprint density at radius 1 is 1.28 bits per heavy atom. The smallest absolute Gasteiger partial charge is 0.375 e. The highest BCUT2D eigenvalue weighted by molar-refractivity contribution is 5.92. The molecule has 0 bridgehead atoms. The number of aryl methyl sites for hydroxylation is 1. The van der Waals surface area contributed by atoms with Gasteiger partial charge < -0.3 is 20.3 Å². The Kier molecular flexibility index (Phi) is 9.11. The minimum Gasteiger partial charge on any atom is -0.375 e. The van der Waals surface area contributed by atoms with Crippen LogP contribution in [0.15, 0.2) is 18.5 Å². The maximum atomic E-state index is 14.7. The van der Waals surface area contributed by atoms with Crippen molar-refractivity contribution in [2.75, 3.05) is 31.1 Å². The van der Waals surface area contributed by atoms with Crippen molar-refractivity contribution in [3.63, 3.8) is 0 Å². The number of hydrogen-bond donors (Lipinski definition) is 2. The number of aromatic nitrogens is 6. The highest BCUT2D eigenvalue weighted by atomic mass is 19.4. The van der Waals surface area contributed by atoms with E-state index in [0.29, 0.717) is 44.2 Å². The van der Waals surface area contributed by atoms with E-state index >= 15 is 0 Å². The van der Waals surface area contributed by atoms with Gasteiger partial charge in [0.2, 0.25) is 11.8 Å². The number of fused-ring (bicyclic) bond motifs is 1. The summed E-state index contributed by atoms with van der Waals surface area (Å²) in [5.74, 6) is -6.73. The van der Waals surface area contributed by atoms with E-state index in [2.05, 4.69) is 20.7 Å². The maximum Gasteiger partial charge on any atom is 0.393 e. The molecule has 2 aliphatic heterocycles. The molecule has 47 heavy (non-hydrogen) atoms. The molecule has 3 aromatic rings. The van der Waals surface area contributed by atoms with Crippen LogP contribution in [-0.2, 0) is 22.5 Å². The van der Waals surface area contributed by atoms with Gasteiger partial charge in [0.25, 0.3) is 11.7 Å². The number of halogens is 5. The van der Waals surface area contributed by atoms with Crippen molar-refractivity contribution in [1.29, 1.82) is 0 Å². The number of nitrogens with one attached hydrogen (secondary N) is 2. The van der Waals surface area contributed by atoms with Gasteiger partial charge in [-0.05, 0) is 45.1 Å². The number of ether oxygens (including phenoxy) is 1. The van der Waals surface area contributed by atoms with E-state index in [1.165, 1.54) is 21.6 Å². The molecule has 0 spiro atoms. The SMILES string of the molecule is CCn1nccc1C(=O)N[C@H](c1cn2nc(C[C@H]3C[C@@H](C(F)(F)F)CNC3=O)c(N3CCO[C@H](C)C3)nc2n1)[C@H]1CCCC(F)(F)C1. The molecule has 12 nitrogen and oxygen atoms in total. The standard InChI is InChI=1S/C30H38F5N9O3/c1-3-43-23(6-8-37-43)27(46)39-24(18-5-4-7-29(31,32)13-18)22-16-44-28(38-22)40-25(42-9-10-47-17(2)15-42)21(41-44)12-19-11-20(30(33,34)35)14-36-26(19)45/h6,8,16-20,24H,3-5,7,9-15H2,1-2H3,(H,36,45)(H,39,46)/t17-,18+,19-,20-,24+/m1/s1. The van der Waals surface area contributed by atoms with Crippen molar-refractivity contribution < 1.29 is 36.3 Å². The van der Waals surface area contributed by atoms with E-state index in [1.54, 1.807) is 6.07 Å². The molecule has 1 saturated carbocycles. The van der Waals surface area contributed by atoms with E-state index < -0.39 is 60.7 Å². The molecule has 1 aliphatic carbocycles. The molecular formula is C30H38F5N9O3. The number of anilines is 1. The lowest BCUT2D eigenvalue weighted by Crippen LogP contribution is -2.47. The molecule has 3 fully saturated rings. The van der Waals surface area contributed by atoms with Gasteiger partial charge >= 0.3 is 6.18 Å². The predicted octanol–water partition coefficient (Wildman–Crippen LogP) is 3.72. The summed E-state index contributed by atoms with van der Waals surface area (Å²) in [6, 6.07) is 0.634. The molecule has 5 heterocycles. The van der Waals surface area contributed by atoms with E-state index in [4.69, 9.17) is 14.8 Å². The Morgan fingerprint density at radius 2 is 2.09 bits per heavy atom. The second-order valence-electron chi connectivity index (χ2n) is 12.7. The van der Waals surface area contributed by atoms with Crippen LogP contribution in [0.2, 0.25) is 0 Å². The largest absolute Gasteiger partial charge is 0.393 e. The molecule has 6 rings (SSSR count). The fourth-order valence-corrected chi connectivity index (χ4v) is 6.89. The zero-order chi connectivity index (χ0) is 33.5. The van der Waals surface area contributed by atoms with E-state index in [9.17, 15) is 31.5 Å². The topological polar surface area (TPSA) is 132 Å². The van der Waals surface area contributed by atoms with Crippen LogP contribution in [0, 0.1) is 17.8 Å². The Hall–Kier alpha value is -3.89. The van der Waals surface area contributed by atoms with Crippen molar-refractivity contribution in [2.45, 2.75) is 83.2 Å². The van der Waals surface area contributed by atoms with Gasteiger partial charge in [-0.3, -0.25) is 14.3 Å². The number of carbonyl (C=O) groups excluding carboxylic acids is 2. The molecule has 3 aliphatic rings. The number of alkyl halides is 5. The molecule has 0 aromatic carbocycles. The Balaban J connectivity index is 1.38. The monoisotopic (exact) mass is 667 g/mol. The first-order chi connectivity index (χ1) is 22.3. The highest BCUT2D eigenvalue weighted by Crippen LogP contribution is 2.42. The van der Waals surface area contributed by atoms with Gasteiger partial charge in [-0.1, -0.05) is 0 Å². The number of carbonyl (C=O) groups is 2. The summed E-state index contributed by atoms with van der Waals surface area (Å²) in [4.78, 5) is 37.5. The number of morpholine rings is 1. The summed E-state index contributed by atoms with van der Waals surface area (Å²) in [5, 5.41) is 14.1. The summed E-state index contributed by atoms with van der Waals surface area (Å²) in [7, 11) is 0. The van der Waals surface area contributed by atoms with Crippen molar-refractivity contribution in [1.82, 2.24) is 40.0 Å². The van der Waals surface area contributed by atoms with Crippen molar-refractivity contribution in [3.05, 3.63) is 35.5 Å². The third-order valence-electron chi connectivity index (χ3n) is 9.29. The van der Waals surface area contributed by atoms with Crippen molar-refractivity contribution in [3.8, 4) is 0 Å². The van der Waals surface area contributed by atoms with Gasteiger partial charge in [0.15, 0.2) is 5.82 Å². The van der Waals surface area contributed by atoms with Crippen LogP contribution in [0.25, 0.3) is 5.78 Å². The summed E-state index contributed by atoms with van der Waals surface area (Å²) in [6.07, 6.45) is -2.11. The van der Waals surface area contributed by atoms with Crippen LogP contribution >= 0.6 is 0 Å². The van der Waals surface area contributed by atoms with Crippen LogP contribution in [0.5, 0.6) is 0 Å². The lowest BCUT2D eigenvalue weighted by Gasteiger charge is -2.34. The molecule has 0 unspecified atom stereocenters. The molecule has 2 amide bonds. The summed E-state index contributed by atoms with van der Waals surface area (Å²) in [6.45, 7) is 4.89. The first-order valence-electron chi connectivity index (χ1n) is 16.0. The zero-order valence-electron chi connectivity index (χ0n) is 26.1. The molecule has 0 radical (unpaired) electrons. The average molecular weight is 668 g/mol. The summed E-state index contributed by atoms with van der Waals surface area (Å²) >= 11 is 0. The number of hydrogen-bond acceptors (Lipinski definition) is 8. The Morgan fingerprint density at radius 3 is 2.81 bits per heavy atom. The quantitative estimate of drug-likeness (QED) is 0.348. The van der Waals surface area contributed by atoms with Gasteiger partial charge in [0, 0.05) is 57.6 Å². The molecule has 256 valence electrons. The van der Waals surface area contributed by atoms with Gasteiger partial charge in [-0.15, -0.1) is 0 Å². The van der Waals surface area contributed by atoms with Gasteiger partial charge in [0.05, 0.1) is 36.6 Å². The fraction of sp³-hybridized carbons (Fsp3) is 0.667. The van der Waals surface area contributed by atoms with E-state index in [1.807, 2.05) is 18.7 Å². The van der Waals surface area contributed by atoms with Crippen LogP contribution < -0.4 is 15.5 Å². The average Bonchev–Trinajstić information content (AvgIpc) is 3.66. The second-order valence-corrected chi connectivity index (χ2v) is 12.7. The van der Waals surface area contributed by atoms with E-state index in [-0.39, 0.29) is 49.0 Å². The lowest BCUT2D eigenvalue weighted by atomic mass is 9.80. The Bertz CT molecular complexity index is 1610. The van der Waals surface area contributed by atoms with Crippen molar-refractivity contribution in [2.24, 2.45) is 17.8 Å². The number of imidazole rings is 1.